The van der Waals surface area contributed by atoms with Gasteiger partial charge < -0.3 is 19.7 Å². The number of methoxy groups -OCH3 is 1. The van der Waals surface area contributed by atoms with Gasteiger partial charge in [-0.2, -0.15) is 0 Å². The minimum absolute atomic E-state index is 0.00269. The molecule has 6 nitrogen and oxygen atoms in total. The summed E-state index contributed by atoms with van der Waals surface area (Å²) in [6, 6.07) is 11.8. The molecule has 1 aliphatic heterocycles. The van der Waals surface area contributed by atoms with Crippen LogP contribution >= 0.6 is 11.6 Å². The number of nitrogens with one attached hydrogen (secondary N) is 1. The van der Waals surface area contributed by atoms with Gasteiger partial charge in [-0.15, -0.1) is 0 Å². The Labute approximate surface area is 206 Å². The predicted octanol–water partition coefficient (Wildman–Crippen LogP) is 5.06. The number of nitrogens with zero attached hydrogens (tertiary/aromatic N) is 1. The normalized spacial score (nSPS) is 22.4. The Balaban J connectivity index is 1.75. The molecule has 1 heterocycles. The number of ether oxygens (including phenoxy) is 2. The molecule has 4 rings (SSSR count). The molecule has 0 spiro atoms. The second-order valence-corrected chi connectivity index (χ2v) is 9.94. The van der Waals surface area contributed by atoms with Gasteiger partial charge in [0.1, 0.15) is 0 Å². The fourth-order valence-electron chi connectivity index (χ4n) is 5.26. The van der Waals surface area contributed by atoms with E-state index in [9.17, 15) is 9.59 Å². The van der Waals surface area contributed by atoms with Gasteiger partial charge in [0.25, 0.3) is 0 Å². The topological polar surface area (TPSA) is 67.9 Å². The largest absolute Gasteiger partial charge is 0.493 e. The molecule has 1 unspecified atom stereocenters. The van der Waals surface area contributed by atoms with Crippen LogP contribution in [0, 0.1) is 0 Å². The van der Waals surface area contributed by atoms with Crippen LogP contribution in [0.25, 0.3) is 0 Å². The van der Waals surface area contributed by atoms with Gasteiger partial charge in [0.05, 0.1) is 25.7 Å². The lowest BCUT2D eigenvalue weighted by Crippen LogP contribution is -2.50. The van der Waals surface area contributed by atoms with Crippen molar-refractivity contribution in [3.05, 3.63) is 58.1 Å². The maximum Gasteiger partial charge on any atom is 0.228 e. The van der Waals surface area contributed by atoms with E-state index in [2.05, 4.69) is 10.2 Å². The minimum atomic E-state index is -0.240. The average molecular weight is 485 g/mol. The van der Waals surface area contributed by atoms with Crippen LogP contribution in [-0.2, 0) is 16.0 Å². The first kappa shape index (κ1) is 24.4. The van der Waals surface area contributed by atoms with Gasteiger partial charge >= 0.3 is 0 Å². The van der Waals surface area contributed by atoms with Crippen molar-refractivity contribution in [2.75, 3.05) is 7.11 Å². The maximum absolute atomic E-state index is 13.6. The van der Waals surface area contributed by atoms with Crippen LogP contribution in [0.1, 0.15) is 69.2 Å². The minimum Gasteiger partial charge on any atom is -0.493 e. The van der Waals surface area contributed by atoms with E-state index >= 15 is 0 Å². The van der Waals surface area contributed by atoms with Crippen LogP contribution in [0.5, 0.6) is 11.5 Å². The summed E-state index contributed by atoms with van der Waals surface area (Å²) in [6.45, 7) is 5.52. The van der Waals surface area contributed by atoms with E-state index < -0.39 is 0 Å². The van der Waals surface area contributed by atoms with Crippen LogP contribution in [-0.4, -0.2) is 42.0 Å². The number of hydrogen-bond donors (Lipinski definition) is 1. The van der Waals surface area contributed by atoms with Gasteiger partial charge in [0.15, 0.2) is 11.5 Å². The van der Waals surface area contributed by atoms with E-state index in [0.29, 0.717) is 22.9 Å². The quantitative estimate of drug-likeness (QED) is 0.622. The van der Waals surface area contributed by atoms with Crippen LogP contribution < -0.4 is 14.8 Å². The number of carbonyl (C=O) groups is 2. The smallest absolute Gasteiger partial charge is 0.228 e. The van der Waals surface area contributed by atoms with Crippen LogP contribution in [0.15, 0.2) is 36.4 Å². The van der Waals surface area contributed by atoms with Gasteiger partial charge in [-0.25, -0.2) is 0 Å². The molecule has 2 aliphatic rings. The zero-order chi connectivity index (χ0) is 24.4. The number of rotatable bonds is 6. The molecule has 0 bridgehead atoms. The second kappa shape index (κ2) is 10.3. The van der Waals surface area contributed by atoms with E-state index in [4.69, 9.17) is 21.1 Å². The molecule has 2 amide bonds. The molecule has 0 aromatic heterocycles. The lowest BCUT2D eigenvalue weighted by atomic mass is 9.82. The maximum atomic E-state index is 13.6. The lowest BCUT2D eigenvalue weighted by molar-refractivity contribution is -0.137. The molecule has 1 fully saturated rings. The van der Waals surface area contributed by atoms with Gasteiger partial charge in [-0.1, -0.05) is 23.7 Å². The number of carbonyl (C=O) groups excluding carboxylic acids is 2. The van der Waals surface area contributed by atoms with Crippen molar-refractivity contribution in [1.29, 1.82) is 0 Å². The first-order chi connectivity index (χ1) is 16.3. The molecular weight excluding hydrogens is 452 g/mol. The Morgan fingerprint density at radius 2 is 1.76 bits per heavy atom. The van der Waals surface area contributed by atoms with E-state index in [1.807, 2.05) is 50.2 Å². The zero-order valence-corrected chi connectivity index (χ0v) is 21.0. The van der Waals surface area contributed by atoms with E-state index in [1.54, 1.807) is 14.0 Å². The summed E-state index contributed by atoms with van der Waals surface area (Å²) in [5.74, 6) is 1.42. The molecule has 1 N–H and O–H groups in total. The molecule has 2 aromatic rings. The number of amides is 2. The molecule has 2 aromatic carbocycles. The first-order valence-corrected chi connectivity index (χ1v) is 12.4. The Morgan fingerprint density at radius 1 is 1.09 bits per heavy atom. The first-order valence-electron chi connectivity index (χ1n) is 12.0. The summed E-state index contributed by atoms with van der Waals surface area (Å²) in [5, 5.41) is 3.69. The van der Waals surface area contributed by atoms with Crippen molar-refractivity contribution in [3.8, 4) is 11.5 Å². The highest BCUT2D eigenvalue weighted by molar-refractivity contribution is 6.30. The fourth-order valence-corrected chi connectivity index (χ4v) is 5.39. The van der Waals surface area contributed by atoms with Crippen molar-refractivity contribution in [3.63, 3.8) is 0 Å². The molecule has 34 heavy (non-hydrogen) atoms. The van der Waals surface area contributed by atoms with Gasteiger partial charge in [-0.3, -0.25) is 9.59 Å². The Bertz CT molecular complexity index is 1050. The summed E-state index contributed by atoms with van der Waals surface area (Å²) < 4.78 is 11.7. The molecule has 7 heteroatoms. The number of halogens is 1. The molecular formula is C27H33ClN2O4. The molecule has 1 saturated carbocycles. The van der Waals surface area contributed by atoms with Gasteiger partial charge in [0.2, 0.25) is 11.8 Å². The van der Waals surface area contributed by atoms with Crippen molar-refractivity contribution >= 4 is 23.4 Å². The van der Waals surface area contributed by atoms with Gasteiger partial charge in [-0.05, 0) is 80.5 Å². The lowest BCUT2D eigenvalue weighted by Gasteiger charge is -2.45. The second-order valence-electron chi connectivity index (χ2n) is 9.51. The van der Waals surface area contributed by atoms with E-state index in [-0.39, 0.29) is 36.0 Å². The van der Waals surface area contributed by atoms with E-state index in [0.717, 1.165) is 42.4 Å². The third kappa shape index (κ3) is 5.17. The van der Waals surface area contributed by atoms with Crippen molar-refractivity contribution in [2.24, 2.45) is 0 Å². The number of hydrogen-bond acceptors (Lipinski definition) is 4. The average Bonchev–Trinajstić information content (AvgIpc) is 2.79. The fraction of sp³-hybridized carbons (Fsp3) is 0.481. The Kier molecular flexibility index (Phi) is 7.36. The summed E-state index contributed by atoms with van der Waals surface area (Å²) in [5.41, 5.74) is 3.03. The number of fused-ring (bicyclic) bond motifs is 1. The monoisotopic (exact) mass is 484 g/mol. The summed E-state index contributed by atoms with van der Waals surface area (Å²) >= 11 is 6.19. The highest BCUT2D eigenvalue weighted by Crippen LogP contribution is 2.44. The predicted molar refractivity (Wildman–Crippen MR) is 132 cm³/mol. The van der Waals surface area contributed by atoms with Crippen LogP contribution in [0.3, 0.4) is 0 Å². The summed E-state index contributed by atoms with van der Waals surface area (Å²) in [6.07, 6.45) is 3.73. The van der Waals surface area contributed by atoms with E-state index in [1.165, 1.54) is 0 Å². The van der Waals surface area contributed by atoms with Crippen molar-refractivity contribution in [1.82, 2.24) is 10.2 Å². The third-order valence-corrected chi connectivity index (χ3v) is 6.93. The SMILES string of the molecule is COc1cc2c(cc1OC(C)C)C(c1ccc(Cl)cc1)N([C@H]1CC[C@H](NC(C)=O)CC1)C(=O)C2. The molecule has 0 saturated heterocycles. The highest BCUT2D eigenvalue weighted by atomic mass is 35.5. The molecule has 1 atom stereocenters. The third-order valence-electron chi connectivity index (χ3n) is 6.67. The highest BCUT2D eigenvalue weighted by Gasteiger charge is 2.40. The molecule has 0 radical (unpaired) electrons. The molecule has 182 valence electrons. The van der Waals surface area contributed by atoms with Crippen LogP contribution in [0.2, 0.25) is 5.02 Å². The standard InChI is InChI=1S/C27H33ClN2O4/c1-16(2)34-25-15-23-19(13-24(25)33-4)14-26(32)30(27(23)18-5-7-20(28)8-6-18)22-11-9-21(10-12-22)29-17(3)31/h5-8,13,15-16,21-22,27H,9-12,14H2,1-4H3,(H,29,31)/t21-,22-,27?. The summed E-state index contributed by atoms with van der Waals surface area (Å²) in [7, 11) is 1.62. The number of benzene rings is 2. The van der Waals surface area contributed by atoms with Gasteiger partial charge in [0, 0.05) is 24.0 Å². The van der Waals surface area contributed by atoms with Crippen molar-refractivity contribution < 1.29 is 19.1 Å². The summed E-state index contributed by atoms with van der Waals surface area (Å²) in [4.78, 5) is 27.1. The molecule has 1 aliphatic carbocycles. The zero-order valence-electron chi connectivity index (χ0n) is 20.3. The van der Waals surface area contributed by atoms with Crippen LogP contribution in [0.4, 0.5) is 0 Å². The Hall–Kier alpha value is -2.73. The Morgan fingerprint density at radius 3 is 2.35 bits per heavy atom. The van der Waals surface area contributed by atoms with Crippen molar-refractivity contribution in [2.45, 2.75) is 77.1 Å².